The molecule has 0 amide bonds. The number of amidine groups is 1. The summed E-state index contributed by atoms with van der Waals surface area (Å²) in [6.07, 6.45) is 0. The SMILES string of the molecule is COc1ccc(Cl)cc1/C(N)=N/OC(=O)c1ccc(COc2ccc(Cl)cc2Cl)cc1. The molecule has 0 bridgehead atoms. The average molecular weight is 480 g/mol. The summed E-state index contributed by atoms with van der Waals surface area (Å²) in [5.41, 5.74) is 7.44. The number of methoxy groups -OCH3 is 1. The fourth-order valence-electron chi connectivity index (χ4n) is 2.56. The van der Waals surface area contributed by atoms with Crippen LogP contribution < -0.4 is 15.2 Å². The molecule has 0 fully saturated rings. The first kappa shape index (κ1) is 22.7. The smallest absolute Gasteiger partial charge is 0.365 e. The predicted molar refractivity (Wildman–Crippen MR) is 121 cm³/mol. The Morgan fingerprint density at radius 3 is 2.23 bits per heavy atom. The molecule has 0 saturated heterocycles. The molecule has 0 aliphatic carbocycles. The highest BCUT2D eigenvalue weighted by atomic mass is 35.5. The van der Waals surface area contributed by atoms with E-state index in [2.05, 4.69) is 5.16 Å². The molecule has 0 aliphatic heterocycles. The molecule has 0 atom stereocenters. The molecular weight excluding hydrogens is 463 g/mol. The highest BCUT2D eigenvalue weighted by molar-refractivity contribution is 6.35. The molecule has 0 radical (unpaired) electrons. The Labute approximate surface area is 194 Å². The van der Waals surface area contributed by atoms with Crippen molar-refractivity contribution in [2.75, 3.05) is 7.11 Å². The lowest BCUT2D eigenvalue weighted by Gasteiger charge is -2.09. The van der Waals surface area contributed by atoms with Crippen molar-refractivity contribution in [3.8, 4) is 11.5 Å². The number of benzene rings is 3. The first-order valence-corrected chi connectivity index (χ1v) is 10.1. The molecule has 0 heterocycles. The van der Waals surface area contributed by atoms with Crippen molar-refractivity contribution in [3.63, 3.8) is 0 Å². The lowest BCUT2D eigenvalue weighted by molar-refractivity contribution is 0.0516. The van der Waals surface area contributed by atoms with Gasteiger partial charge in [0.1, 0.15) is 18.1 Å². The minimum Gasteiger partial charge on any atom is -0.496 e. The summed E-state index contributed by atoms with van der Waals surface area (Å²) in [7, 11) is 1.48. The number of hydrogen-bond donors (Lipinski definition) is 1. The van der Waals surface area contributed by atoms with Crippen molar-refractivity contribution < 1.29 is 19.1 Å². The maximum atomic E-state index is 12.3. The predicted octanol–water partition coefficient (Wildman–Crippen LogP) is 5.71. The van der Waals surface area contributed by atoms with Gasteiger partial charge in [-0.05, 0) is 54.1 Å². The highest BCUT2D eigenvalue weighted by Crippen LogP contribution is 2.28. The van der Waals surface area contributed by atoms with Crippen molar-refractivity contribution >= 4 is 46.6 Å². The number of rotatable bonds is 7. The molecule has 0 saturated carbocycles. The van der Waals surface area contributed by atoms with Gasteiger partial charge in [-0.2, -0.15) is 0 Å². The van der Waals surface area contributed by atoms with E-state index >= 15 is 0 Å². The number of carbonyl (C=O) groups is 1. The third-order valence-electron chi connectivity index (χ3n) is 4.14. The van der Waals surface area contributed by atoms with E-state index in [-0.39, 0.29) is 12.4 Å². The second-order valence-corrected chi connectivity index (χ2v) is 7.54. The van der Waals surface area contributed by atoms with Crippen molar-refractivity contribution in [3.05, 3.63) is 92.4 Å². The number of nitrogens with zero attached hydrogens (tertiary/aromatic N) is 1. The summed E-state index contributed by atoms with van der Waals surface area (Å²) in [4.78, 5) is 17.2. The van der Waals surface area contributed by atoms with Gasteiger partial charge in [0.15, 0.2) is 5.84 Å². The number of carbonyl (C=O) groups excluding carboxylic acids is 1. The van der Waals surface area contributed by atoms with Gasteiger partial charge in [0, 0.05) is 10.0 Å². The molecule has 31 heavy (non-hydrogen) atoms. The normalized spacial score (nSPS) is 11.2. The number of hydrogen-bond acceptors (Lipinski definition) is 5. The third kappa shape index (κ3) is 6.04. The van der Waals surface area contributed by atoms with Crippen LogP contribution in [0.2, 0.25) is 15.1 Å². The molecule has 0 aromatic heterocycles. The Morgan fingerprint density at radius 2 is 1.58 bits per heavy atom. The zero-order valence-corrected chi connectivity index (χ0v) is 18.5. The van der Waals surface area contributed by atoms with Crippen LogP contribution in [-0.2, 0) is 11.4 Å². The Hall–Kier alpha value is -2.93. The van der Waals surface area contributed by atoms with Gasteiger partial charge in [-0.3, -0.25) is 0 Å². The molecular formula is C22H17Cl3N2O4. The van der Waals surface area contributed by atoms with Crippen LogP contribution in [0.5, 0.6) is 11.5 Å². The highest BCUT2D eigenvalue weighted by Gasteiger charge is 2.12. The van der Waals surface area contributed by atoms with Gasteiger partial charge >= 0.3 is 5.97 Å². The van der Waals surface area contributed by atoms with Gasteiger partial charge in [0.25, 0.3) is 0 Å². The van der Waals surface area contributed by atoms with E-state index in [4.69, 9.17) is 54.8 Å². The summed E-state index contributed by atoms with van der Waals surface area (Å²) in [6, 6.07) is 16.5. The molecule has 3 rings (SSSR count). The molecule has 3 aromatic rings. The van der Waals surface area contributed by atoms with E-state index in [0.717, 1.165) is 5.56 Å². The molecule has 0 aliphatic rings. The maximum absolute atomic E-state index is 12.3. The second-order valence-electron chi connectivity index (χ2n) is 6.26. The maximum Gasteiger partial charge on any atom is 0.365 e. The summed E-state index contributed by atoms with van der Waals surface area (Å²) in [5.74, 6) is 0.248. The molecule has 2 N–H and O–H groups in total. The van der Waals surface area contributed by atoms with Gasteiger partial charge in [-0.25, -0.2) is 4.79 Å². The quantitative estimate of drug-likeness (QED) is 0.203. The Kier molecular flexibility index (Phi) is 7.63. The van der Waals surface area contributed by atoms with Crippen LogP contribution in [0.25, 0.3) is 0 Å². The zero-order chi connectivity index (χ0) is 22.4. The number of oxime groups is 1. The number of halogens is 3. The fraction of sp³-hybridized carbons (Fsp3) is 0.0909. The van der Waals surface area contributed by atoms with Crippen molar-refractivity contribution in [1.82, 2.24) is 0 Å². The lowest BCUT2D eigenvalue weighted by atomic mass is 10.1. The lowest BCUT2D eigenvalue weighted by Crippen LogP contribution is -2.16. The largest absolute Gasteiger partial charge is 0.496 e. The van der Waals surface area contributed by atoms with Crippen molar-refractivity contribution in [2.24, 2.45) is 10.9 Å². The first-order chi connectivity index (χ1) is 14.9. The molecule has 9 heteroatoms. The molecule has 0 spiro atoms. The standard InChI is InChI=1S/C22H17Cl3N2O4/c1-29-19-8-6-15(23)10-17(19)21(26)27-31-22(28)14-4-2-13(3-5-14)12-30-20-9-7-16(24)11-18(20)25/h2-11H,12H2,1H3,(H2,26,27). The van der Waals surface area contributed by atoms with E-state index in [1.54, 1.807) is 60.7 Å². The summed E-state index contributed by atoms with van der Waals surface area (Å²) in [6.45, 7) is 0.260. The molecule has 0 unspecified atom stereocenters. The van der Waals surface area contributed by atoms with E-state index < -0.39 is 5.97 Å². The van der Waals surface area contributed by atoms with Gasteiger partial charge in [-0.1, -0.05) is 52.1 Å². The topological polar surface area (TPSA) is 83.1 Å². The van der Waals surface area contributed by atoms with E-state index in [1.807, 2.05) is 0 Å². The van der Waals surface area contributed by atoms with Crippen LogP contribution in [-0.4, -0.2) is 18.9 Å². The fourth-order valence-corrected chi connectivity index (χ4v) is 3.20. The van der Waals surface area contributed by atoms with E-state index in [0.29, 0.717) is 37.7 Å². The Morgan fingerprint density at radius 1 is 0.935 bits per heavy atom. The van der Waals surface area contributed by atoms with E-state index in [1.165, 1.54) is 7.11 Å². The summed E-state index contributed by atoms with van der Waals surface area (Å²) in [5, 5.41) is 5.08. The number of ether oxygens (including phenoxy) is 2. The average Bonchev–Trinajstić information content (AvgIpc) is 2.77. The van der Waals surface area contributed by atoms with Gasteiger partial charge in [0.2, 0.25) is 0 Å². The third-order valence-corrected chi connectivity index (χ3v) is 4.91. The Bertz CT molecular complexity index is 1120. The van der Waals surface area contributed by atoms with Crippen LogP contribution in [0.15, 0.2) is 65.8 Å². The Balaban J connectivity index is 1.62. The van der Waals surface area contributed by atoms with Crippen LogP contribution >= 0.6 is 34.8 Å². The van der Waals surface area contributed by atoms with Gasteiger partial charge in [0.05, 0.1) is 23.3 Å². The molecule has 160 valence electrons. The van der Waals surface area contributed by atoms with Crippen LogP contribution in [0, 0.1) is 0 Å². The zero-order valence-electron chi connectivity index (χ0n) is 16.3. The monoisotopic (exact) mass is 478 g/mol. The van der Waals surface area contributed by atoms with Crippen molar-refractivity contribution in [1.29, 1.82) is 0 Å². The number of nitrogens with two attached hydrogens (primary N) is 1. The summed E-state index contributed by atoms with van der Waals surface area (Å²) >= 11 is 17.9. The van der Waals surface area contributed by atoms with E-state index in [9.17, 15) is 4.79 Å². The molecule has 3 aromatic carbocycles. The minimum atomic E-state index is -0.669. The van der Waals surface area contributed by atoms with Gasteiger partial charge in [-0.15, -0.1) is 0 Å². The summed E-state index contributed by atoms with van der Waals surface area (Å²) < 4.78 is 10.9. The van der Waals surface area contributed by atoms with Crippen LogP contribution in [0.3, 0.4) is 0 Å². The van der Waals surface area contributed by atoms with Crippen molar-refractivity contribution in [2.45, 2.75) is 6.61 Å². The minimum absolute atomic E-state index is 0.0439. The molecule has 6 nitrogen and oxygen atoms in total. The first-order valence-electron chi connectivity index (χ1n) is 8.93. The van der Waals surface area contributed by atoms with Gasteiger partial charge < -0.3 is 20.0 Å². The van der Waals surface area contributed by atoms with Crippen LogP contribution in [0.1, 0.15) is 21.5 Å². The van der Waals surface area contributed by atoms with Crippen LogP contribution in [0.4, 0.5) is 0 Å². The second kappa shape index (κ2) is 10.4.